The number of hydrogen-bond donors (Lipinski definition) is 1. The van der Waals surface area contributed by atoms with Crippen LogP contribution in [0.2, 0.25) is 0 Å². The quantitative estimate of drug-likeness (QED) is 0.662. The number of carbonyl (C=O) groups is 2. The van der Waals surface area contributed by atoms with Gasteiger partial charge in [-0.1, -0.05) is 12.1 Å². The predicted molar refractivity (Wildman–Crippen MR) is 82.8 cm³/mol. The molecule has 0 heterocycles. The van der Waals surface area contributed by atoms with Crippen LogP contribution in [0.4, 0.5) is 18.9 Å². The lowest BCUT2D eigenvalue weighted by molar-refractivity contribution is -0.123. The van der Waals surface area contributed by atoms with E-state index in [1.807, 2.05) is 5.32 Å². The fourth-order valence-electron chi connectivity index (χ4n) is 1.95. The van der Waals surface area contributed by atoms with Gasteiger partial charge in [0.1, 0.15) is 11.3 Å². The van der Waals surface area contributed by atoms with Crippen LogP contribution < -0.4 is 10.1 Å². The minimum absolute atomic E-state index is 0.101. The first-order chi connectivity index (χ1) is 11.8. The first-order valence-electron chi connectivity index (χ1n) is 7.13. The summed E-state index contributed by atoms with van der Waals surface area (Å²) in [6, 6.07) is 7.75. The molecule has 25 heavy (non-hydrogen) atoms. The number of benzene rings is 2. The molecule has 0 aliphatic heterocycles. The number of amides is 1. The number of methoxy groups -OCH3 is 1. The van der Waals surface area contributed by atoms with Crippen LogP contribution in [0, 0.1) is 17.5 Å². The summed E-state index contributed by atoms with van der Waals surface area (Å²) < 4.78 is 49.6. The third-order valence-electron chi connectivity index (χ3n) is 3.27. The summed E-state index contributed by atoms with van der Waals surface area (Å²) in [5.41, 5.74) is -0.465. The zero-order valence-electron chi connectivity index (χ0n) is 13.3. The fourth-order valence-corrected chi connectivity index (χ4v) is 1.95. The smallest absolute Gasteiger partial charge is 0.342 e. The summed E-state index contributed by atoms with van der Waals surface area (Å²) >= 11 is 0. The highest BCUT2D eigenvalue weighted by Gasteiger charge is 2.23. The van der Waals surface area contributed by atoms with Crippen molar-refractivity contribution in [1.29, 1.82) is 0 Å². The second-order valence-corrected chi connectivity index (χ2v) is 4.96. The molecule has 1 atom stereocenters. The number of rotatable bonds is 5. The second kappa shape index (κ2) is 7.69. The Labute approximate surface area is 141 Å². The zero-order chi connectivity index (χ0) is 18.6. The maximum atomic E-state index is 13.6. The van der Waals surface area contributed by atoms with Crippen LogP contribution in [0.3, 0.4) is 0 Å². The summed E-state index contributed by atoms with van der Waals surface area (Å²) in [5.74, 6) is -6.12. The van der Waals surface area contributed by atoms with E-state index in [9.17, 15) is 22.8 Å². The van der Waals surface area contributed by atoms with E-state index in [0.29, 0.717) is 6.07 Å². The van der Waals surface area contributed by atoms with Gasteiger partial charge in [-0.05, 0) is 31.2 Å². The first kappa shape index (κ1) is 18.3. The van der Waals surface area contributed by atoms with E-state index in [1.165, 1.54) is 26.2 Å². The lowest BCUT2D eigenvalue weighted by atomic mass is 10.2. The maximum Gasteiger partial charge on any atom is 0.342 e. The highest BCUT2D eigenvalue weighted by Crippen LogP contribution is 2.21. The molecule has 1 amide bonds. The third kappa shape index (κ3) is 4.09. The SMILES string of the molecule is COc1ccccc1C(=O)O[C@H](C)C(=O)Nc1ccc(F)c(F)c1F. The number of para-hydroxylation sites is 1. The molecular weight excluding hydrogens is 339 g/mol. The van der Waals surface area contributed by atoms with Crippen LogP contribution in [-0.2, 0) is 9.53 Å². The highest BCUT2D eigenvalue weighted by atomic mass is 19.2. The van der Waals surface area contributed by atoms with E-state index < -0.39 is 41.1 Å². The fraction of sp³-hybridized carbons (Fsp3) is 0.176. The van der Waals surface area contributed by atoms with Gasteiger partial charge in [0, 0.05) is 0 Å². The van der Waals surface area contributed by atoms with E-state index in [4.69, 9.17) is 9.47 Å². The molecule has 0 radical (unpaired) electrons. The van der Waals surface area contributed by atoms with Gasteiger partial charge in [-0.2, -0.15) is 0 Å². The molecule has 0 fully saturated rings. The molecule has 0 unspecified atom stereocenters. The monoisotopic (exact) mass is 353 g/mol. The van der Waals surface area contributed by atoms with Crippen LogP contribution in [0.1, 0.15) is 17.3 Å². The van der Waals surface area contributed by atoms with Crippen LogP contribution in [-0.4, -0.2) is 25.1 Å². The maximum absolute atomic E-state index is 13.6. The Morgan fingerprint density at radius 1 is 1.04 bits per heavy atom. The highest BCUT2D eigenvalue weighted by molar-refractivity contribution is 5.98. The van der Waals surface area contributed by atoms with Gasteiger partial charge in [-0.15, -0.1) is 0 Å². The van der Waals surface area contributed by atoms with Crippen molar-refractivity contribution >= 4 is 17.6 Å². The van der Waals surface area contributed by atoms with E-state index >= 15 is 0 Å². The average molecular weight is 353 g/mol. The van der Waals surface area contributed by atoms with Gasteiger partial charge >= 0.3 is 5.97 Å². The van der Waals surface area contributed by atoms with E-state index in [-0.39, 0.29) is 11.3 Å². The van der Waals surface area contributed by atoms with Gasteiger partial charge in [0.25, 0.3) is 5.91 Å². The average Bonchev–Trinajstić information content (AvgIpc) is 2.61. The number of anilines is 1. The van der Waals surface area contributed by atoms with Crippen LogP contribution in [0.5, 0.6) is 5.75 Å². The number of halogens is 3. The van der Waals surface area contributed by atoms with Crippen molar-refractivity contribution < 1.29 is 32.2 Å². The van der Waals surface area contributed by atoms with Crippen molar-refractivity contribution in [2.75, 3.05) is 12.4 Å². The summed E-state index contributed by atoms with van der Waals surface area (Å²) in [5, 5.41) is 2.03. The number of ether oxygens (including phenoxy) is 2. The molecule has 0 bridgehead atoms. The molecule has 2 rings (SSSR count). The summed E-state index contributed by atoms with van der Waals surface area (Å²) in [7, 11) is 1.37. The molecule has 0 spiro atoms. The normalized spacial score (nSPS) is 11.6. The molecule has 0 aliphatic rings. The zero-order valence-corrected chi connectivity index (χ0v) is 13.3. The Balaban J connectivity index is 2.08. The van der Waals surface area contributed by atoms with Crippen molar-refractivity contribution in [3.8, 4) is 5.75 Å². The van der Waals surface area contributed by atoms with E-state index in [1.54, 1.807) is 12.1 Å². The lowest BCUT2D eigenvalue weighted by Crippen LogP contribution is -2.30. The number of nitrogens with one attached hydrogen (secondary N) is 1. The third-order valence-corrected chi connectivity index (χ3v) is 3.27. The van der Waals surface area contributed by atoms with Crippen molar-refractivity contribution in [3.63, 3.8) is 0 Å². The van der Waals surface area contributed by atoms with Crippen molar-refractivity contribution in [2.24, 2.45) is 0 Å². The summed E-state index contributed by atoms with van der Waals surface area (Å²) in [6.07, 6.45) is -1.31. The van der Waals surface area contributed by atoms with Crippen molar-refractivity contribution in [3.05, 3.63) is 59.4 Å². The Bertz CT molecular complexity index is 810. The van der Waals surface area contributed by atoms with Crippen molar-refractivity contribution in [1.82, 2.24) is 0 Å². The topological polar surface area (TPSA) is 64.6 Å². The number of carbonyl (C=O) groups excluding carboxylic acids is 2. The van der Waals surface area contributed by atoms with Gasteiger partial charge in [-0.3, -0.25) is 4.79 Å². The predicted octanol–water partition coefficient (Wildman–Crippen LogP) is 3.30. The lowest BCUT2D eigenvalue weighted by Gasteiger charge is -2.15. The van der Waals surface area contributed by atoms with Crippen molar-refractivity contribution in [2.45, 2.75) is 13.0 Å². The minimum Gasteiger partial charge on any atom is -0.496 e. The Morgan fingerprint density at radius 3 is 2.40 bits per heavy atom. The Morgan fingerprint density at radius 2 is 1.72 bits per heavy atom. The molecule has 132 valence electrons. The van der Waals surface area contributed by atoms with Gasteiger partial charge in [0.05, 0.1) is 12.8 Å². The summed E-state index contributed by atoms with van der Waals surface area (Å²) in [6.45, 7) is 1.25. The minimum atomic E-state index is -1.71. The molecule has 0 saturated carbocycles. The second-order valence-electron chi connectivity index (χ2n) is 4.96. The summed E-state index contributed by atoms with van der Waals surface area (Å²) in [4.78, 5) is 24.1. The molecule has 0 aromatic heterocycles. The molecule has 0 saturated heterocycles. The first-order valence-corrected chi connectivity index (χ1v) is 7.13. The number of hydrogen-bond acceptors (Lipinski definition) is 4. The van der Waals surface area contributed by atoms with Gasteiger partial charge in [0.15, 0.2) is 23.6 Å². The van der Waals surface area contributed by atoms with Crippen LogP contribution in [0.25, 0.3) is 0 Å². The molecule has 2 aromatic carbocycles. The van der Waals surface area contributed by atoms with E-state index in [0.717, 1.165) is 6.07 Å². The van der Waals surface area contributed by atoms with Gasteiger partial charge < -0.3 is 14.8 Å². The standard InChI is InChI=1S/C17H14F3NO4/c1-9(25-17(23)10-5-3-4-6-13(10)24-2)16(22)21-12-8-7-11(18)14(19)15(12)20/h3-9H,1-2H3,(H,21,22)/t9-/m1/s1. The molecule has 0 aliphatic carbocycles. The van der Waals surface area contributed by atoms with E-state index in [2.05, 4.69) is 0 Å². The number of esters is 1. The van der Waals surface area contributed by atoms with Crippen LogP contribution >= 0.6 is 0 Å². The molecule has 2 aromatic rings. The molecular formula is C17H14F3NO4. The van der Waals surface area contributed by atoms with Gasteiger partial charge in [0.2, 0.25) is 0 Å². The van der Waals surface area contributed by atoms with Gasteiger partial charge in [-0.25, -0.2) is 18.0 Å². The largest absolute Gasteiger partial charge is 0.496 e. The van der Waals surface area contributed by atoms with Crippen LogP contribution in [0.15, 0.2) is 36.4 Å². The Hall–Kier alpha value is -3.03. The molecule has 5 nitrogen and oxygen atoms in total. The molecule has 8 heteroatoms. The Kier molecular flexibility index (Phi) is 5.63. The molecule has 1 N–H and O–H groups in total.